The van der Waals surface area contributed by atoms with Crippen LogP contribution in [0.5, 0.6) is 0 Å². The summed E-state index contributed by atoms with van der Waals surface area (Å²) in [5.74, 6) is 5.59. The minimum absolute atomic E-state index is 0.144. The quantitative estimate of drug-likeness (QED) is 0.773. The van der Waals surface area contributed by atoms with Gasteiger partial charge in [-0.3, -0.25) is 0 Å². The summed E-state index contributed by atoms with van der Waals surface area (Å²) in [4.78, 5) is 0. The van der Waals surface area contributed by atoms with Crippen molar-refractivity contribution in [2.45, 2.75) is 43.5 Å². The Hall–Kier alpha value is 0.137. The van der Waals surface area contributed by atoms with Crippen molar-refractivity contribution in [2.24, 2.45) is 47.3 Å². The second-order valence-corrected chi connectivity index (χ2v) is 14.8. The Morgan fingerprint density at radius 1 is 1.06 bits per heavy atom. The smallest absolute Gasteiger partial charge is 0.173 e. The van der Waals surface area contributed by atoms with E-state index in [4.69, 9.17) is 4.74 Å². The van der Waals surface area contributed by atoms with Crippen LogP contribution in [0.3, 0.4) is 0 Å². The molecule has 2 aliphatic heterocycles. The second-order valence-electron chi connectivity index (χ2n) is 9.37. The van der Waals surface area contributed by atoms with Gasteiger partial charge in [0.15, 0.2) is 5.79 Å². The Labute approximate surface area is 109 Å². The zero-order chi connectivity index (χ0) is 12.2. The predicted octanol–water partition coefficient (Wildman–Crippen LogP) is 2.17. The fraction of sp³-hybridized carbons (Fsp3) is 1.00. The summed E-state index contributed by atoms with van der Waals surface area (Å²) in [5, 5.41) is 11.1. The van der Waals surface area contributed by atoms with Crippen LogP contribution >= 0.6 is 0 Å². The molecule has 0 aromatic rings. The number of hydrogen-bond donors (Lipinski definition) is 1. The van der Waals surface area contributed by atoms with Gasteiger partial charge in [-0.15, -0.1) is 0 Å². The van der Waals surface area contributed by atoms with Crippen LogP contribution < -0.4 is 0 Å². The molecule has 7 fully saturated rings. The summed E-state index contributed by atoms with van der Waals surface area (Å²) in [6.45, 7) is 7.42. The standard InChI is InChI=1S/C15H22O2Si/c1-18(2,3)5-14-10-6-4-7-9-8(6)12(14)13(9)15(16,17-14)11(7)10/h6-13,16H,4-5H2,1-3H3/t6-,7-,8+,9+,10+,11+,12-,13+,14-,15-/m0/s1. The van der Waals surface area contributed by atoms with Gasteiger partial charge in [0.25, 0.3) is 0 Å². The van der Waals surface area contributed by atoms with Crippen molar-refractivity contribution in [3.63, 3.8) is 0 Å². The summed E-state index contributed by atoms with van der Waals surface area (Å²) >= 11 is 0. The second kappa shape index (κ2) is 2.19. The third-order valence-electron chi connectivity index (χ3n) is 7.75. The Balaban J connectivity index is 1.59. The van der Waals surface area contributed by atoms with E-state index in [1.165, 1.54) is 12.5 Å². The molecule has 0 spiro atoms. The van der Waals surface area contributed by atoms with Crippen LogP contribution in [0.1, 0.15) is 6.42 Å². The van der Waals surface area contributed by atoms with Gasteiger partial charge in [-0.2, -0.15) is 0 Å². The first-order chi connectivity index (χ1) is 8.39. The number of hydrogen-bond acceptors (Lipinski definition) is 2. The molecule has 0 unspecified atom stereocenters. The molecule has 5 saturated carbocycles. The largest absolute Gasteiger partial charge is 0.365 e. The summed E-state index contributed by atoms with van der Waals surface area (Å²) in [7, 11) is -1.13. The minimum Gasteiger partial charge on any atom is -0.365 e. The molecule has 3 heteroatoms. The van der Waals surface area contributed by atoms with E-state index in [1.807, 2.05) is 0 Å². The average Bonchev–Trinajstić information content (AvgIpc) is 2.73. The summed E-state index contributed by atoms with van der Waals surface area (Å²) in [5.41, 5.74) is 0.144. The topological polar surface area (TPSA) is 29.5 Å². The van der Waals surface area contributed by atoms with Gasteiger partial charge in [-0.05, 0) is 48.0 Å². The van der Waals surface area contributed by atoms with Crippen LogP contribution in [0, 0.1) is 47.3 Å². The Bertz CT molecular complexity index is 495. The van der Waals surface area contributed by atoms with Gasteiger partial charge in [0.05, 0.1) is 5.60 Å². The Kier molecular flexibility index (Phi) is 1.21. The molecular formula is C15H22O2Si. The third kappa shape index (κ3) is 0.638. The van der Waals surface area contributed by atoms with E-state index in [1.54, 1.807) is 0 Å². The Morgan fingerprint density at radius 2 is 1.72 bits per heavy atom. The highest BCUT2D eigenvalue weighted by atomic mass is 28.3. The fourth-order valence-electron chi connectivity index (χ4n) is 8.36. The van der Waals surface area contributed by atoms with Crippen LogP contribution in [-0.4, -0.2) is 24.6 Å². The first-order valence-corrected chi connectivity index (χ1v) is 11.5. The van der Waals surface area contributed by atoms with E-state index < -0.39 is 13.9 Å². The van der Waals surface area contributed by atoms with Crippen molar-refractivity contribution in [1.82, 2.24) is 0 Å². The summed E-state index contributed by atoms with van der Waals surface area (Å²) in [6.07, 6.45) is 1.44. The van der Waals surface area contributed by atoms with Crippen molar-refractivity contribution in [3.8, 4) is 0 Å². The minimum atomic E-state index is -1.13. The maximum atomic E-state index is 11.1. The van der Waals surface area contributed by atoms with Crippen LogP contribution in [0.25, 0.3) is 0 Å². The average molecular weight is 262 g/mol. The van der Waals surface area contributed by atoms with Gasteiger partial charge in [0, 0.05) is 19.9 Å². The highest BCUT2D eigenvalue weighted by Gasteiger charge is 2.97. The van der Waals surface area contributed by atoms with Gasteiger partial charge in [-0.1, -0.05) is 19.6 Å². The van der Waals surface area contributed by atoms with Crippen LogP contribution in [0.4, 0.5) is 0 Å². The molecule has 2 heterocycles. The molecule has 7 rings (SSSR count). The van der Waals surface area contributed by atoms with Gasteiger partial charge >= 0.3 is 0 Å². The van der Waals surface area contributed by atoms with Crippen LogP contribution in [0.2, 0.25) is 25.7 Å². The lowest BCUT2D eigenvalue weighted by Crippen LogP contribution is -2.53. The molecule has 10 atom stereocenters. The van der Waals surface area contributed by atoms with E-state index >= 15 is 0 Å². The monoisotopic (exact) mass is 262 g/mol. The zero-order valence-electron chi connectivity index (χ0n) is 11.4. The van der Waals surface area contributed by atoms with Crippen molar-refractivity contribution < 1.29 is 9.84 Å². The first kappa shape index (κ1) is 9.95. The van der Waals surface area contributed by atoms with Crippen molar-refractivity contribution in [1.29, 1.82) is 0 Å². The van der Waals surface area contributed by atoms with E-state index in [-0.39, 0.29) is 5.60 Å². The molecule has 7 aliphatic rings. The molecule has 2 nitrogen and oxygen atoms in total. The van der Waals surface area contributed by atoms with Gasteiger partial charge < -0.3 is 9.84 Å². The SMILES string of the molecule is C[Si](C)(C)C[C@@]12O[C@@]3(O)[C@@H]4[C@H]5C[C@@H]([C@@H]6[C@@H]5[C@@H]3[C@H]61)[C@H]42. The van der Waals surface area contributed by atoms with Crippen LogP contribution in [0.15, 0.2) is 0 Å². The van der Waals surface area contributed by atoms with Crippen molar-refractivity contribution >= 4 is 8.07 Å². The van der Waals surface area contributed by atoms with E-state index in [9.17, 15) is 5.11 Å². The molecule has 5 aliphatic carbocycles. The van der Waals surface area contributed by atoms with Gasteiger partial charge in [0.1, 0.15) is 0 Å². The molecule has 98 valence electrons. The molecular weight excluding hydrogens is 240 g/mol. The number of ether oxygens (including phenoxy) is 1. The highest BCUT2D eigenvalue weighted by molar-refractivity contribution is 6.76. The molecule has 18 heavy (non-hydrogen) atoms. The molecule has 0 aromatic carbocycles. The highest BCUT2D eigenvalue weighted by Crippen LogP contribution is 2.93. The van der Waals surface area contributed by atoms with E-state index in [0.717, 1.165) is 35.5 Å². The van der Waals surface area contributed by atoms with E-state index in [2.05, 4.69) is 19.6 Å². The summed E-state index contributed by atoms with van der Waals surface area (Å²) < 4.78 is 6.51. The van der Waals surface area contributed by atoms with Crippen LogP contribution in [-0.2, 0) is 4.74 Å². The number of rotatable bonds is 2. The normalized spacial score (nSPS) is 76.0. The third-order valence-corrected chi connectivity index (χ3v) is 9.36. The van der Waals surface area contributed by atoms with Crippen molar-refractivity contribution in [2.75, 3.05) is 0 Å². The van der Waals surface area contributed by atoms with Crippen molar-refractivity contribution in [3.05, 3.63) is 0 Å². The predicted molar refractivity (Wildman–Crippen MR) is 69.5 cm³/mol. The van der Waals surface area contributed by atoms with E-state index in [0.29, 0.717) is 11.8 Å². The maximum absolute atomic E-state index is 11.1. The number of aliphatic hydroxyl groups is 1. The molecule has 1 N–H and O–H groups in total. The van der Waals surface area contributed by atoms with Gasteiger partial charge in [-0.25, -0.2) is 0 Å². The summed E-state index contributed by atoms with van der Waals surface area (Å²) in [6, 6.07) is 1.30. The molecule has 0 radical (unpaired) electrons. The maximum Gasteiger partial charge on any atom is 0.173 e. The zero-order valence-corrected chi connectivity index (χ0v) is 12.4. The first-order valence-electron chi connectivity index (χ1n) is 7.81. The fourth-order valence-corrected chi connectivity index (χ4v) is 10.6. The Morgan fingerprint density at radius 3 is 2.44 bits per heavy atom. The lowest BCUT2D eigenvalue weighted by molar-refractivity contribution is -0.208. The molecule has 4 bridgehead atoms. The molecule has 0 aromatic heterocycles. The van der Waals surface area contributed by atoms with Gasteiger partial charge in [0.2, 0.25) is 0 Å². The lowest BCUT2D eigenvalue weighted by atomic mass is 9.57. The lowest BCUT2D eigenvalue weighted by Gasteiger charge is -2.47. The molecule has 0 amide bonds. The molecule has 2 saturated heterocycles.